The lowest BCUT2D eigenvalue weighted by Gasteiger charge is -2.33. The van der Waals surface area contributed by atoms with Gasteiger partial charge in [0.15, 0.2) is 0 Å². The Balaban J connectivity index is 1.16. The summed E-state index contributed by atoms with van der Waals surface area (Å²) in [5, 5.41) is 5.92. The molecule has 178 valence electrons. The first kappa shape index (κ1) is 22.5. The first-order chi connectivity index (χ1) is 16.1. The van der Waals surface area contributed by atoms with Crippen molar-refractivity contribution >= 4 is 17.7 Å². The van der Waals surface area contributed by atoms with Gasteiger partial charge in [-0.25, -0.2) is 0 Å². The van der Waals surface area contributed by atoms with E-state index in [9.17, 15) is 14.4 Å². The molecule has 4 aliphatic rings. The number of nitrogens with zero attached hydrogens (tertiary/aromatic N) is 2. The van der Waals surface area contributed by atoms with Gasteiger partial charge >= 0.3 is 0 Å². The van der Waals surface area contributed by atoms with Crippen LogP contribution in [-0.4, -0.2) is 59.7 Å². The third-order valence-corrected chi connectivity index (χ3v) is 8.12. The minimum atomic E-state index is -0.550. The highest BCUT2D eigenvalue weighted by Crippen LogP contribution is 2.32. The monoisotopic (exact) mass is 452 g/mol. The van der Waals surface area contributed by atoms with Crippen LogP contribution in [0.15, 0.2) is 18.2 Å². The van der Waals surface area contributed by atoms with Crippen LogP contribution in [0.25, 0.3) is 0 Å². The van der Waals surface area contributed by atoms with Gasteiger partial charge in [-0.1, -0.05) is 24.6 Å². The molecule has 7 heteroatoms. The quantitative estimate of drug-likeness (QED) is 0.648. The van der Waals surface area contributed by atoms with E-state index in [1.165, 1.54) is 51.6 Å². The van der Waals surface area contributed by atoms with Crippen LogP contribution in [0.2, 0.25) is 0 Å². The van der Waals surface area contributed by atoms with E-state index in [0.29, 0.717) is 13.0 Å². The Morgan fingerprint density at radius 1 is 0.970 bits per heavy atom. The smallest absolute Gasteiger partial charge is 0.255 e. The second kappa shape index (κ2) is 9.94. The van der Waals surface area contributed by atoms with Crippen molar-refractivity contribution in [1.82, 2.24) is 20.4 Å². The maximum atomic E-state index is 13.3. The molecule has 0 spiro atoms. The van der Waals surface area contributed by atoms with Crippen LogP contribution < -0.4 is 10.6 Å². The molecule has 3 amide bonds. The van der Waals surface area contributed by atoms with Crippen LogP contribution >= 0.6 is 0 Å². The highest BCUT2D eigenvalue weighted by atomic mass is 16.2. The highest BCUT2D eigenvalue weighted by molar-refractivity contribution is 6.05. The van der Waals surface area contributed by atoms with Crippen LogP contribution in [0.5, 0.6) is 0 Å². The lowest BCUT2D eigenvalue weighted by molar-refractivity contribution is -0.136. The van der Waals surface area contributed by atoms with E-state index < -0.39 is 6.04 Å². The molecule has 3 fully saturated rings. The number of benzene rings is 1. The first-order valence-electron chi connectivity index (χ1n) is 12.8. The van der Waals surface area contributed by atoms with Crippen LogP contribution in [0.4, 0.5) is 0 Å². The minimum absolute atomic E-state index is 0.0638. The standard InChI is InChI=1S/C26H36N4O3/c31-23-9-8-22(25(32)28-23)30-17-21-5-1-4-20(24(21)26(30)33)16-29-13-10-18(11-14-29)6-7-19-3-2-12-27-15-19/h1,4-5,18-19,22,27H,2-3,6-17H2,(H,28,31,32). The Morgan fingerprint density at radius 3 is 2.55 bits per heavy atom. The van der Waals surface area contributed by atoms with Gasteiger partial charge in [-0.3, -0.25) is 24.6 Å². The van der Waals surface area contributed by atoms with Crippen molar-refractivity contribution in [3.8, 4) is 0 Å². The molecule has 0 saturated carbocycles. The van der Waals surface area contributed by atoms with Crippen LogP contribution in [0.3, 0.4) is 0 Å². The number of rotatable bonds is 6. The summed E-state index contributed by atoms with van der Waals surface area (Å²) < 4.78 is 0. The average Bonchev–Trinajstić information content (AvgIpc) is 3.16. The second-order valence-corrected chi connectivity index (χ2v) is 10.4. The largest absolute Gasteiger partial charge is 0.322 e. The third kappa shape index (κ3) is 4.99. The number of imide groups is 1. The summed E-state index contributed by atoms with van der Waals surface area (Å²) in [4.78, 5) is 41.3. The van der Waals surface area contributed by atoms with Crippen molar-refractivity contribution in [2.75, 3.05) is 26.2 Å². The van der Waals surface area contributed by atoms with E-state index in [1.807, 2.05) is 12.1 Å². The predicted octanol–water partition coefficient (Wildman–Crippen LogP) is 2.44. The van der Waals surface area contributed by atoms with E-state index >= 15 is 0 Å². The lowest BCUT2D eigenvalue weighted by Crippen LogP contribution is -2.52. The Kier molecular flexibility index (Phi) is 6.79. The van der Waals surface area contributed by atoms with Gasteiger partial charge in [0.2, 0.25) is 11.8 Å². The number of likely N-dealkylation sites (tertiary alicyclic amines) is 1. The Bertz CT molecular complexity index is 903. The maximum absolute atomic E-state index is 13.3. The van der Waals surface area contributed by atoms with Crippen molar-refractivity contribution in [2.24, 2.45) is 11.8 Å². The molecule has 4 aliphatic heterocycles. The summed E-state index contributed by atoms with van der Waals surface area (Å²) in [6, 6.07) is 5.54. The SMILES string of the molecule is O=C1CCC(N2Cc3cccc(CN4CCC(CCC5CCCNC5)CC4)c3C2=O)C(=O)N1. The molecule has 5 rings (SSSR count). The van der Waals surface area contributed by atoms with Gasteiger partial charge in [-0.15, -0.1) is 0 Å². The molecule has 0 radical (unpaired) electrons. The summed E-state index contributed by atoms with van der Waals surface area (Å²) >= 11 is 0. The van der Waals surface area contributed by atoms with E-state index in [2.05, 4.69) is 21.6 Å². The molecule has 3 saturated heterocycles. The molecule has 7 nitrogen and oxygen atoms in total. The zero-order valence-corrected chi connectivity index (χ0v) is 19.5. The summed E-state index contributed by atoms with van der Waals surface area (Å²) in [5.41, 5.74) is 2.84. The number of amides is 3. The minimum Gasteiger partial charge on any atom is -0.322 e. The van der Waals surface area contributed by atoms with Crippen molar-refractivity contribution < 1.29 is 14.4 Å². The molecule has 0 bridgehead atoms. The molecular formula is C26H36N4O3. The summed E-state index contributed by atoms with van der Waals surface area (Å²) in [6.45, 7) is 5.79. The summed E-state index contributed by atoms with van der Waals surface area (Å²) in [7, 11) is 0. The lowest BCUT2D eigenvalue weighted by atomic mass is 9.86. The fraction of sp³-hybridized carbons (Fsp3) is 0.654. The van der Waals surface area contributed by atoms with Crippen molar-refractivity contribution in [3.63, 3.8) is 0 Å². The number of carbonyl (C=O) groups excluding carboxylic acids is 3. The molecule has 2 N–H and O–H groups in total. The predicted molar refractivity (Wildman–Crippen MR) is 125 cm³/mol. The number of hydrogen-bond donors (Lipinski definition) is 2. The van der Waals surface area contributed by atoms with Crippen molar-refractivity contribution in [3.05, 3.63) is 34.9 Å². The average molecular weight is 453 g/mol. The van der Waals surface area contributed by atoms with Gasteiger partial charge in [0.05, 0.1) is 0 Å². The molecule has 1 aromatic rings. The maximum Gasteiger partial charge on any atom is 0.255 e. The molecule has 2 atom stereocenters. The number of carbonyl (C=O) groups is 3. The summed E-state index contributed by atoms with van der Waals surface area (Å²) in [5.74, 6) is 1.03. The zero-order chi connectivity index (χ0) is 22.8. The normalized spacial score (nSPS) is 27.0. The summed E-state index contributed by atoms with van der Waals surface area (Å²) in [6.07, 6.45) is 8.59. The zero-order valence-electron chi connectivity index (χ0n) is 19.5. The van der Waals surface area contributed by atoms with E-state index in [0.717, 1.165) is 48.2 Å². The van der Waals surface area contributed by atoms with Crippen LogP contribution in [-0.2, 0) is 22.7 Å². The molecule has 1 aromatic carbocycles. The number of nitrogens with one attached hydrogen (secondary N) is 2. The molecule has 0 aliphatic carbocycles. The van der Waals surface area contributed by atoms with Gasteiger partial charge < -0.3 is 10.2 Å². The van der Waals surface area contributed by atoms with Crippen molar-refractivity contribution in [2.45, 2.75) is 70.5 Å². The third-order valence-electron chi connectivity index (χ3n) is 8.12. The molecule has 2 unspecified atom stereocenters. The van der Waals surface area contributed by atoms with Crippen molar-refractivity contribution in [1.29, 1.82) is 0 Å². The van der Waals surface area contributed by atoms with Crippen LogP contribution in [0, 0.1) is 11.8 Å². The fourth-order valence-electron chi connectivity index (χ4n) is 6.14. The van der Waals surface area contributed by atoms with Gasteiger partial charge in [0.25, 0.3) is 5.91 Å². The Labute approximate surface area is 196 Å². The van der Waals surface area contributed by atoms with Gasteiger partial charge in [0.1, 0.15) is 6.04 Å². The highest BCUT2D eigenvalue weighted by Gasteiger charge is 2.40. The first-order valence-corrected chi connectivity index (χ1v) is 12.8. The van der Waals surface area contributed by atoms with Crippen LogP contribution in [0.1, 0.15) is 72.9 Å². The topological polar surface area (TPSA) is 81.8 Å². The molecule has 4 heterocycles. The molecule has 0 aromatic heterocycles. The molecule has 33 heavy (non-hydrogen) atoms. The Morgan fingerprint density at radius 2 is 1.79 bits per heavy atom. The van der Waals surface area contributed by atoms with Gasteiger partial charge in [-0.05, 0) is 87.7 Å². The number of fused-ring (bicyclic) bond motifs is 1. The molecular weight excluding hydrogens is 416 g/mol. The van der Waals surface area contributed by atoms with E-state index in [1.54, 1.807) is 4.90 Å². The van der Waals surface area contributed by atoms with E-state index in [-0.39, 0.29) is 24.1 Å². The number of piperidine rings is 3. The Hall–Kier alpha value is -2.25. The number of hydrogen-bond acceptors (Lipinski definition) is 5. The van der Waals surface area contributed by atoms with E-state index in [4.69, 9.17) is 0 Å². The van der Waals surface area contributed by atoms with Gasteiger partial charge in [-0.2, -0.15) is 0 Å². The second-order valence-electron chi connectivity index (χ2n) is 10.4. The van der Waals surface area contributed by atoms with Gasteiger partial charge in [0, 0.05) is 25.1 Å². The fourth-order valence-corrected chi connectivity index (χ4v) is 6.14.